The SMILES string of the molecule is CC1=NN(c2ccc(Cl)c(C(=O)O)c2)C(=O)/C1=C\c1ccc(C)c([N+](=O)[O-])c1. The van der Waals surface area contributed by atoms with Gasteiger partial charge in [0.2, 0.25) is 0 Å². The van der Waals surface area contributed by atoms with E-state index in [9.17, 15) is 24.8 Å². The van der Waals surface area contributed by atoms with Gasteiger partial charge >= 0.3 is 5.97 Å². The lowest BCUT2D eigenvalue weighted by atomic mass is 10.0. The number of anilines is 1. The van der Waals surface area contributed by atoms with E-state index >= 15 is 0 Å². The zero-order valence-corrected chi connectivity index (χ0v) is 15.6. The number of carboxylic acid groups (broad SMARTS) is 1. The molecule has 1 N–H and O–H groups in total. The molecule has 3 rings (SSSR count). The van der Waals surface area contributed by atoms with Gasteiger partial charge in [-0.1, -0.05) is 23.7 Å². The number of amides is 1. The van der Waals surface area contributed by atoms with Crippen LogP contribution in [0.2, 0.25) is 5.02 Å². The first kappa shape index (κ1) is 19.2. The van der Waals surface area contributed by atoms with Crippen LogP contribution in [-0.2, 0) is 4.79 Å². The lowest BCUT2D eigenvalue weighted by Gasteiger charge is -2.13. The van der Waals surface area contributed by atoms with Gasteiger partial charge in [0.05, 0.1) is 32.5 Å². The highest BCUT2D eigenvalue weighted by Crippen LogP contribution is 2.29. The highest BCUT2D eigenvalue weighted by molar-refractivity contribution is 6.34. The summed E-state index contributed by atoms with van der Waals surface area (Å²) in [6.07, 6.45) is 1.52. The topological polar surface area (TPSA) is 113 Å². The van der Waals surface area contributed by atoms with Gasteiger partial charge in [-0.15, -0.1) is 0 Å². The molecule has 2 aromatic carbocycles. The van der Waals surface area contributed by atoms with Crippen LogP contribution in [0.15, 0.2) is 47.1 Å². The van der Waals surface area contributed by atoms with Gasteiger partial charge in [0.1, 0.15) is 0 Å². The average molecular weight is 400 g/mol. The van der Waals surface area contributed by atoms with Gasteiger partial charge in [0.25, 0.3) is 11.6 Å². The molecule has 0 atom stereocenters. The molecule has 0 saturated heterocycles. The molecule has 0 unspecified atom stereocenters. The first-order chi connectivity index (χ1) is 13.2. The monoisotopic (exact) mass is 399 g/mol. The second kappa shape index (κ2) is 7.24. The molecule has 0 aliphatic carbocycles. The summed E-state index contributed by atoms with van der Waals surface area (Å²) >= 11 is 5.87. The minimum atomic E-state index is -1.22. The predicted octanol–water partition coefficient (Wildman–Crippen LogP) is 4.06. The Morgan fingerprint density at radius 3 is 2.61 bits per heavy atom. The molecule has 1 heterocycles. The number of nitrogens with zero attached hydrogens (tertiary/aromatic N) is 3. The quantitative estimate of drug-likeness (QED) is 0.473. The summed E-state index contributed by atoms with van der Waals surface area (Å²) < 4.78 is 0. The Bertz CT molecular complexity index is 1090. The van der Waals surface area contributed by atoms with Crippen molar-refractivity contribution in [3.63, 3.8) is 0 Å². The van der Waals surface area contributed by atoms with Crippen LogP contribution >= 0.6 is 11.6 Å². The number of aromatic carboxylic acids is 1. The van der Waals surface area contributed by atoms with Crippen molar-refractivity contribution in [3.8, 4) is 0 Å². The summed E-state index contributed by atoms with van der Waals surface area (Å²) in [6.45, 7) is 3.26. The normalized spacial score (nSPS) is 15.1. The predicted molar refractivity (Wildman–Crippen MR) is 105 cm³/mol. The zero-order chi connectivity index (χ0) is 20.6. The molecule has 8 nitrogen and oxygen atoms in total. The van der Waals surface area contributed by atoms with Gasteiger partial charge in [-0.2, -0.15) is 10.1 Å². The molecule has 0 bridgehead atoms. The van der Waals surface area contributed by atoms with Crippen LogP contribution in [0, 0.1) is 17.0 Å². The standard InChI is InChI=1S/C19H14ClN3O5/c1-10-3-4-12(8-17(10)23(27)28)7-14-11(2)21-22(18(14)24)13-5-6-16(20)15(9-13)19(25)26/h3-9H,1-2H3,(H,25,26)/b14-7-. The Balaban J connectivity index is 1.99. The molecule has 0 radical (unpaired) electrons. The van der Waals surface area contributed by atoms with Crippen molar-refractivity contribution < 1.29 is 19.6 Å². The van der Waals surface area contributed by atoms with E-state index in [1.54, 1.807) is 26.0 Å². The molecule has 0 spiro atoms. The number of carbonyl (C=O) groups excluding carboxylic acids is 1. The molecule has 1 aliphatic rings. The van der Waals surface area contributed by atoms with E-state index < -0.39 is 16.8 Å². The fourth-order valence-electron chi connectivity index (χ4n) is 2.75. The van der Waals surface area contributed by atoms with Crippen molar-refractivity contribution in [3.05, 3.63) is 73.8 Å². The Morgan fingerprint density at radius 2 is 1.96 bits per heavy atom. The number of nitro groups is 1. The second-order valence-electron chi connectivity index (χ2n) is 6.13. The Morgan fingerprint density at radius 1 is 1.25 bits per heavy atom. The number of benzene rings is 2. The fourth-order valence-corrected chi connectivity index (χ4v) is 2.95. The number of nitro benzene ring substituents is 1. The van der Waals surface area contributed by atoms with Gasteiger partial charge in [-0.3, -0.25) is 14.9 Å². The summed E-state index contributed by atoms with van der Waals surface area (Å²) in [6, 6.07) is 8.79. The van der Waals surface area contributed by atoms with Gasteiger partial charge in [0, 0.05) is 11.6 Å². The largest absolute Gasteiger partial charge is 0.478 e. The number of hydrogen-bond donors (Lipinski definition) is 1. The lowest BCUT2D eigenvalue weighted by Crippen LogP contribution is -2.21. The van der Waals surface area contributed by atoms with Crippen molar-refractivity contribution in [2.45, 2.75) is 13.8 Å². The molecule has 1 amide bonds. The lowest BCUT2D eigenvalue weighted by molar-refractivity contribution is -0.385. The Labute approximate surface area is 164 Å². The van der Waals surface area contributed by atoms with Crippen molar-refractivity contribution in [2.75, 3.05) is 5.01 Å². The molecule has 1 aliphatic heterocycles. The number of halogens is 1. The molecule has 142 valence electrons. The minimum absolute atomic E-state index is 0.0463. The Hall–Kier alpha value is -3.52. The first-order valence-corrected chi connectivity index (χ1v) is 8.46. The first-order valence-electron chi connectivity index (χ1n) is 8.08. The van der Waals surface area contributed by atoms with Crippen molar-refractivity contribution in [1.82, 2.24) is 0 Å². The van der Waals surface area contributed by atoms with E-state index in [1.807, 2.05) is 0 Å². The van der Waals surface area contributed by atoms with Crippen LogP contribution in [-0.4, -0.2) is 27.6 Å². The van der Waals surface area contributed by atoms with Crippen molar-refractivity contribution >= 4 is 46.6 Å². The molecule has 0 aromatic heterocycles. The molecular weight excluding hydrogens is 386 g/mol. The zero-order valence-electron chi connectivity index (χ0n) is 14.8. The van der Waals surface area contributed by atoms with Crippen LogP contribution in [0.1, 0.15) is 28.4 Å². The van der Waals surface area contributed by atoms with Crippen molar-refractivity contribution in [2.24, 2.45) is 5.10 Å². The molecule has 28 heavy (non-hydrogen) atoms. The summed E-state index contributed by atoms with van der Waals surface area (Å²) in [5.41, 5.74) is 1.72. The maximum absolute atomic E-state index is 12.8. The van der Waals surface area contributed by atoms with E-state index in [0.29, 0.717) is 16.8 Å². The van der Waals surface area contributed by atoms with Gasteiger partial charge in [0.15, 0.2) is 0 Å². The second-order valence-corrected chi connectivity index (χ2v) is 6.54. The molecule has 0 saturated carbocycles. The third-order valence-electron chi connectivity index (χ3n) is 4.23. The highest BCUT2D eigenvalue weighted by atomic mass is 35.5. The van der Waals surface area contributed by atoms with E-state index in [2.05, 4.69) is 5.10 Å². The maximum atomic E-state index is 12.8. The fraction of sp³-hybridized carbons (Fsp3) is 0.105. The number of carboxylic acids is 1. The number of hydrogen-bond acceptors (Lipinski definition) is 5. The highest BCUT2D eigenvalue weighted by Gasteiger charge is 2.29. The smallest absolute Gasteiger partial charge is 0.337 e. The summed E-state index contributed by atoms with van der Waals surface area (Å²) in [4.78, 5) is 34.7. The van der Waals surface area contributed by atoms with E-state index in [-0.39, 0.29) is 27.5 Å². The van der Waals surface area contributed by atoms with Crippen LogP contribution in [0.3, 0.4) is 0 Å². The van der Waals surface area contributed by atoms with Crippen molar-refractivity contribution in [1.29, 1.82) is 0 Å². The third-order valence-corrected chi connectivity index (χ3v) is 4.56. The molecule has 9 heteroatoms. The van der Waals surface area contributed by atoms with E-state index in [1.165, 1.54) is 30.3 Å². The van der Waals surface area contributed by atoms with Crippen LogP contribution in [0.25, 0.3) is 6.08 Å². The Kier molecular flexibility index (Phi) is 4.98. The average Bonchev–Trinajstić information content (AvgIpc) is 2.91. The summed E-state index contributed by atoms with van der Waals surface area (Å²) in [5, 5.41) is 25.6. The van der Waals surface area contributed by atoms with Crippen LogP contribution < -0.4 is 5.01 Å². The maximum Gasteiger partial charge on any atom is 0.337 e. The number of aryl methyl sites for hydroxylation is 1. The number of rotatable bonds is 4. The number of carbonyl (C=O) groups is 2. The van der Waals surface area contributed by atoms with Gasteiger partial charge < -0.3 is 5.11 Å². The molecule has 0 fully saturated rings. The molecule has 2 aromatic rings. The van der Waals surface area contributed by atoms with Crippen LogP contribution in [0.4, 0.5) is 11.4 Å². The van der Waals surface area contributed by atoms with Crippen LogP contribution in [0.5, 0.6) is 0 Å². The minimum Gasteiger partial charge on any atom is -0.478 e. The van der Waals surface area contributed by atoms with E-state index in [4.69, 9.17) is 11.6 Å². The molecular formula is C19H14ClN3O5. The third kappa shape index (κ3) is 3.49. The van der Waals surface area contributed by atoms with Gasteiger partial charge in [-0.05, 0) is 43.7 Å². The number of hydrazone groups is 1. The summed E-state index contributed by atoms with van der Waals surface area (Å²) in [7, 11) is 0. The van der Waals surface area contributed by atoms with E-state index in [0.717, 1.165) is 5.01 Å². The van der Waals surface area contributed by atoms with Gasteiger partial charge in [-0.25, -0.2) is 4.79 Å². The summed E-state index contributed by atoms with van der Waals surface area (Å²) in [5.74, 6) is -1.69.